The first-order chi connectivity index (χ1) is 10.6. The van der Waals surface area contributed by atoms with Gasteiger partial charge in [0.15, 0.2) is 0 Å². The molecule has 1 N–H and O–H groups in total. The van der Waals surface area contributed by atoms with E-state index in [9.17, 15) is 14.0 Å². The Hall–Kier alpha value is -2.69. The zero-order valence-corrected chi connectivity index (χ0v) is 12.0. The van der Waals surface area contributed by atoms with Crippen molar-refractivity contribution in [2.24, 2.45) is 0 Å². The highest BCUT2D eigenvalue weighted by Crippen LogP contribution is 2.31. The lowest BCUT2D eigenvalue weighted by atomic mass is 10.0. The molecule has 1 aliphatic rings. The van der Waals surface area contributed by atoms with Gasteiger partial charge in [-0.05, 0) is 29.3 Å². The molecule has 3 rings (SSSR count). The van der Waals surface area contributed by atoms with Crippen LogP contribution in [-0.2, 0) is 11.3 Å². The quantitative estimate of drug-likeness (QED) is 0.945. The highest BCUT2D eigenvalue weighted by Gasteiger charge is 2.36. The number of benzene rings is 2. The van der Waals surface area contributed by atoms with E-state index in [0.29, 0.717) is 17.7 Å². The van der Waals surface area contributed by atoms with Gasteiger partial charge in [-0.1, -0.05) is 30.3 Å². The summed E-state index contributed by atoms with van der Waals surface area (Å²) in [5.74, 6) is -0.990. The number of fused-ring (bicyclic) bond motifs is 1. The Kier molecular flexibility index (Phi) is 3.63. The van der Waals surface area contributed by atoms with Crippen LogP contribution in [0.4, 0.5) is 4.39 Å². The summed E-state index contributed by atoms with van der Waals surface area (Å²) in [5.41, 5.74) is 1.92. The van der Waals surface area contributed by atoms with Gasteiger partial charge >= 0.3 is 0 Å². The van der Waals surface area contributed by atoms with E-state index < -0.39 is 11.9 Å². The smallest absolute Gasteiger partial charge is 0.255 e. The summed E-state index contributed by atoms with van der Waals surface area (Å²) in [6.45, 7) is 0.337. The lowest BCUT2D eigenvalue weighted by Gasteiger charge is -2.26. The molecule has 0 fully saturated rings. The third-order valence-corrected chi connectivity index (χ3v) is 3.82. The Morgan fingerprint density at radius 3 is 2.68 bits per heavy atom. The van der Waals surface area contributed by atoms with Gasteiger partial charge in [0, 0.05) is 19.2 Å². The largest absolute Gasteiger partial charge is 0.357 e. The molecule has 1 heterocycles. The number of carbonyl (C=O) groups is 2. The van der Waals surface area contributed by atoms with Crippen LogP contribution in [0.5, 0.6) is 0 Å². The van der Waals surface area contributed by atoms with Crippen LogP contribution >= 0.6 is 0 Å². The number of nitrogens with zero attached hydrogens (tertiary/aromatic N) is 1. The number of halogens is 1. The van der Waals surface area contributed by atoms with Crippen molar-refractivity contribution in [1.82, 2.24) is 10.2 Å². The molecular weight excluding hydrogens is 283 g/mol. The van der Waals surface area contributed by atoms with E-state index in [0.717, 1.165) is 5.56 Å². The topological polar surface area (TPSA) is 49.4 Å². The number of carbonyl (C=O) groups excluding carboxylic acids is 2. The minimum absolute atomic E-state index is 0.214. The van der Waals surface area contributed by atoms with Crippen LogP contribution in [0.25, 0.3) is 0 Å². The average Bonchev–Trinajstić information content (AvgIpc) is 2.85. The van der Waals surface area contributed by atoms with E-state index in [2.05, 4.69) is 5.32 Å². The monoisotopic (exact) mass is 298 g/mol. The summed E-state index contributed by atoms with van der Waals surface area (Å²) in [4.78, 5) is 26.3. The van der Waals surface area contributed by atoms with Crippen LogP contribution in [0, 0.1) is 5.82 Å². The lowest BCUT2D eigenvalue weighted by molar-refractivity contribution is -0.125. The molecule has 112 valence electrons. The lowest BCUT2D eigenvalue weighted by Crippen LogP contribution is -2.39. The first kappa shape index (κ1) is 14.3. The van der Waals surface area contributed by atoms with E-state index in [1.165, 1.54) is 30.1 Å². The number of hydrogen-bond acceptors (Lipinski definition) is 2. The van der Waals surface area contributed by atoms with Gasteiger partial charge in [-0.3, -0.25) is 9.59 Å². The summed E-state index contributed by atoms with van der Waals surface area (Å²) in [7, 11) is 1.50. The molecule has 2 amide bonds. The molecule has 0 saturated heterocycles. The maximum absolute atomic E-state index is 13.5. The molecule has 2 aromatic rings. The summed E-state index contributed by atoms with van der Waals surface area (Å²) < 4.78 is 13.5. The Morgan fingerprint density at radius 1 is 1.23 bits per heavy atom. The normalized spacial score (nSPS) is 14.6. The molecule has 0 bridgehead atoms. The van der Waals surface area contributed by atoms with Gasteiger partial charge in [0.05, 0.1) is 0 Å². The van der Waals surface area contributed by atoms with E-state index in [1.807, 2.05) is 12.1 Å². The summed E-state index contributed by atoms with van der Waals surface area (Å²) >= 11 is 0. The molecule has 0 saturated carbocycles. The second-order valence-electron chi connectivity index (χ2n) is 5.16. The van der Waals surface area contributed by atoms with Crippen molar-refractivity contribution in [3.63, 3.8) is 0 Å². The van der Waals surface area contributed by atoms with Gasteiger partial charge in [0.1, 0.15) is 11.9 Å². The van der Waals surface area contributed by atoms with E-state index >= 15 is 0 Å². The maximum Gasteiger partial charge on any atom is 0.255 e. The standard InChI is InChI=1S/C17H15FN2O2/c1-19-16(21)15(11-6-4-7-13(18)9-11)20-10-12-5-2-3-8-14(12)17(20)22/h2-9,15H,10H2,1H3,(H,19,21). The summed E-state index contributed by atoms with van der Waals surface area (Å²) in [6.07, 6.45) is 0. The average molecular weight is 298 g/mol. The zero-order chi connectivity index (χ0) is 15.7. The molecule has 4 nitrogen and oxygen atoms in total. The molecule has 5 heteroatoms. The minimum Gasteiger partial charge on any atom is -0.357 e. The van der Waals surface area contributed by atoms with Gasteiger partial charge in [0.25, 0.3) is 5.91 Å². The van der Waals surface area contributed by atoms with Crippen molar-refractivity contribution in [1.29, 1.82) is 0 Å². The predicted octanol–water partition coefficient (Wildman–Crippen LogP) is 2.27. The van der Waals surface area contributed by atoms with Crippen molar-refractivity contribution in [3.8, 4) is 0 Å². The summed E-state index contributed by atoms with van der Waals surface area (Å²) in [5, 5.41) is 2.55. The first-order valence-corrected chi connectivity index (χ1v) is 6.97. The van der Waals surface area contributed by atoms with Gasteiger partial charge in [0.2, 0.25) is 5.91 Å². The number of likely N-dealkylation sites (N-methyl/N-ethyl adjacent to an activating group) is 1. The van der Waals surface area contributed by atoms with Crippen LogP contribution in [-0.4, -0.2) is 23.8 Å². The molecule has 1 atom stereocenters. The molecule has 1 unspecified atom stereocenters. The highest BCUT2D eigenvalue weighted by atomic mass is 19.1. The van der Waals surface area contributed by atoms with E-state index in [-0.39, 0.29) is 11.8 Å². The minimum atomic E-state index is -0.847. The number of nitrogens with one attached hydrogen (secondary N) is 1. The fraction of sp³-hybridized carbons (Fsp3) is 0.176. The van der Waals surface area contributed by atoms with E-state index in [1.54, 1.807) is 18.2 Å². The Labute approximate surface area is 127 Å². The van der Waals surface area contributed by atoms with Crippen LogP contribution in [0.1, 0.15) is 27.5 Å². The third-order valence-electron chi connectivity index (χ3n) is 3.82. The van der Waals surface area contributed by atoms with E-state index in [4.69, 9.17) is 0 Å². The van der Waals surface area contributed by atoms with Crippen LogP contribution in [0.15, 0.2) is 48.5 Å². The molecule has 0 spiro atoms. The second kappa shape index (κ2) is 5.60. The summed E-state index contributed by atoms with van der Waals surface area (Å²) in [6, 6.07) is 12.2. The van der Waals surface area contributed by atoms with Gasteiger partial charge < -0.3 is 10.2 Å². The highest BCUT2D eigenvalue weighted by molar-refractivity contribution is 6.01. The second-order valence-corrected chi connectivity index (χ2v) is 5.16. The van der Waals surface area contributed by atoms with Crippen molar-refractivity contribution < 1.29 is 14.0 Å². The van der Waals surface area contributed by atoms with Crippen LogP contribution < -0.4 is 5.32 Å². The Balaban J connectivity index is 2.02. The SMILES string of the molecule is CNC(=O)C(c1cccc(F)c1)N1Cc2ccccc2C1=O. The van der Waals surface area contributed by atoms with Gasteiger partial charge in [-0.2, -0.15) is 0 Å². The van der Waals surface area contributed by atoms with Crippen LogP contribution in [0.3, 0.4) is 0 Å². The van der Waals surface area contributed by atoms with Crippen molar-refractivity contribution in [2.45, 2.75) is 12.6 Å². The molecule has 22 heavy (non-hydrogen) atoms. The third kappa shape index (κ3) is 2.35. The van der Waals surface area contributed by atoms with Crippen molar-refractivity contribution >= 4 is 11.8 Å². The fourth-order valence-electron chi connectivity index (χ4n) is 2.77. The first-order valence-electron chi connectivity index (χ1n) is 6.97. The van der Waals surface area contributed by atoms with Gasteiger partial charge in [-0.25, -0.2) is 4.39 Å². The molecule has 1 aliphatic heterocycles. The molecule has 0 aromatic heterocycles. The number of hydrogen-bond donors (Lipinski definition) is 1. The zero-order valence-electron chi connectivity index (χ0n) is 12.0. The van der Waals surface area contributed by atoms with Gasteiger partial charge in [-0.15, -0.1) is 0 Å². The van der Waals surface area contributed by atoms with Crippen molar-refractivity contribution in [3.05, 3.63) is 71.0 Å². The predicted molar refractivity (Wildman–Crippen MR) is 79.5 cm³/mol. The molecular formula is C17H15FN2O2. The molecule has 0 aliphatic carbocycles. The number of rotatable bonds is 3. The molecule has 0 radical (unpaired) electrons. The molecule has 2 aromatic carbocycles. The van der Waals surface area contributed by atoms with Crippen LogP contribution in [0.2, 0.25) is 0 Å². The Morgan fingerprint density at radius 2 is 2.00 bits per heavy atom. The van der Waals surface area contributed by atoms with Crippen molar-refractivity contribution in [2.75, 3.05) is 7.05 Å². The maximum atomic E-state index is 13.5. The number of amides is 2. The fourth-order valence-corrected chi connectivity index (χ4v) is 2.77. The Bertz CT molecular complexity index is 745.